The van der Waals surface area contributed by atoms with Crippen molar-refractivity contribution in [2.45, 2.75) is 53.9 Å². The van der Waals surface area contributed by atoms with Crippen LogP contribution in [0.15, 0.2) is 66.4 Å². The van der Waals surface area contributed by atoms with Gasteiger partial charge in [0.1, 0.15) is 5.70 Å². The van der Waals surface area contributed by atoms with Crippen LogP contribution in [-0.4, -0.2) is 11.8 Å². The van der Waals surface area contributed by atoms with Crippen molar-refractivity contribution in [1.82, 2.24) is 0 Å². The summed E-state index contributed by atoms with van der Waals surface area (Å²) in [6.45, 7) is 14.4. The smallest absolute Gasteiger partial charge is 0.282 e. The van der Waals surface area contributed by atoms with Gasteiger partial charge in [-0.15, -0.1) is 0 Å². The van der Waals surface area contributed by atoms with E-state index in [2.05, 4.69) is 38.2 Å². The average Bonchev–Trinajstić information content (AvgIpc) is 2.98. The van der Waals surface area contributed by atoms with Gasteiger partial charge in [-0.05, 0) is 73.6 Å². The Hall–Kier alpha value is -3.66. The molecular formula is C30H32N2O2. The summed E-state index contributed by atoms with van der Waals surface area (Å²) in [6.07, 6.45) is 0. The van der Waals surface area contributed by atoms with Crippen molar-refractivity contribution in [3.8, 4) is 0 Å². The highest BCUT2D eigenvalue weighted by molar-refractivity contribution is 6.46. The van der Waals surface area contributed by atoms with E-state index >= 15 is 0 Å². The van der Waals surface area contributed by atoms with Crippen LogP contribution in [0, 0.1) is 27.7 Å². The second-order valence-corrected chi connectivity index (χ2v) is 10.3. The van der Waals surface area contributed by atoms with E-state index in [1.165, 1.54) is 10.5 Å². The van der Waals surface area contributed by atoms with Crippen molar-refractivity contribution in [1.29, 1.82) is 0 Å². The Morgan fingerprint density at radius 3 is 1.85 bits per heavy atom. The molecule has 0 aliphatic carbocycles. The van der Waals surface area contributed by atoms with E-state index in [0.717, 1.165) is 33.5 Å². The normalized spacial score (nSPS) is 14.3. The van der Waals surface area contributed by atoms with Gasteiger partial charge in [-0.3, -0.25) is 9.59 Å². The fraction of sp³-hybridized carbons (Fsp3) is 0.267. The van der Waals surface area contributed by atoms with Gasteiger partial charge in [-0.1, -0.05) is 74.4 Å². The van der Waals surface area contributed by atoms with Crippen LogP contribution in [0.3, 0.4) is 0 Å². The maximum atomic E-state index is 13.8. The fourth-order valence-electron chi connectivity index (χ4n) is 4.46. The van der Waals surface area contributed by atoms with Crippen LogP contribution in [0.1, 0.15) is 54.2 Å². The largest absolute Gasteiger partial charge is 0.350 e. The van der Waals surface area contributed by atoms with E-state index < -0.39 is 0 Å². The SMILES string of the molecule is Cc1ccc(C2=C(Nc3ccc(C(C)(C)C)cc3)C(=O)N(c3ccc(C)cc3C)C2=O)c(C)c1. The monoisotopic (exact) mass is 452 g/mol. The number of imide groups is 1. The first kappa shape index (κ1) is 23.5. The zero-order chi connectivity index (χ0) is 24.8. The van der Waals surface area contributed by atoms with Gasteiger partial charge in [0.25, 0.3) is 11.8 Å². The molecule has 2 amide bonds. The zero-order valence-corrected chi connectivity index (χ0v) is 21.0. The minimum absolute atomic E-state index is 0.0286. The van der Waals surface area contributed by atoms with E-state index in [0.29, 0.717) is 17.0 Å². The van der Waals surface area contributed by atoms with Crippen LogP contribution in [0.25, 0.3) is 5.57 Å². The van der Waals surface area contributed by atoms with Crippen LogP contribution in [0.2, 0.25) is 0 Å². The third-order valence-electron chi connectivity index (χ3n) is 6.35. The van der Waals surface area contributed by atoms with E-state index in [9.17, 15) is 9.59 Å². The molecule has 0 aromatic heterocycles. The standard InChI is InChI=1S/C30H32N2O2/c1-18-8-14-24(20(3)16-18)26-27(31-23-12-10-22(11-13-23)30(5,6)7)29(34)32(28(26)33)25-15-9-19(2)17-21(25)4/h8-17,31H,1-7H3. The lowest BCUT2D eigenvalue weighted by Crippen LogP contribution is -2.33. The van der Waals surface area contributed by atoms with Crippen LogP contribution >= 0.6 is 0 Å². The van der Waals surface area contributed by atoms with Gasteiger partial charge in [0, 0.05) is 5.69 Å². The molecule has 0 saturated heterocycles. The first-order valence-corrected chi connectivity index (χ1v) is 11.6. The van der Waals surface area contributed by atoms with E-state index in [-0.39, 0.29) is 17.2 Å². The summed E-state index contributed by atoms with van der Waals surface area (Å²) in [5.41, 5.74) is 8.13. The Morgan fingerprint density at radius 1 is 0.706 bits per heavy atom. The summed E-state index contributed by atoms with van der Waals surface area (Å²) >= 11 is 0. The Labute approximate surface area is 202 Å². The highest BCUT2D eigenvalue weighted by Crippen LogP contribution is 2.37. The summed E-state index contributed by atoms with van der Waals surface area (Å²) < 4.78 is 0. The molecule has 4 nitrogen and oxygen atoms in total. The van der Waals surface area contributed by atoms with Gasteiger partial charge in [0.15, 0.2) is 0 Å². The van der Waals surface area contributed by atoms with Crippen LogP contribution < -0.4 is 10.2 Å². The van der Waals surface area contributed by atoms with Crippen molar-refractivity contribution in [3.05, 3.63) is 99.7 Å². The number of hydrogen-bond donors (Lipinski definition) is 1. The average molecular weight is 453 g/mol. The predicted octanol–water partition coefficient (Wildman–Crippen LogP) is 6.61. The Bertz CT molecular complexity index is 1320. The lowest BCUT2D eigenvalue weighted by atomic mass is 9.87. The molecular weight excluding hydrogens is 420 g/mol. The van der Waals surface area contributed by atoms with Crippen LogP contribution in [0.4, 0.5) is 11.4 Å². The van der Waals surface area contributed by atoms with E-state index in [1.54, 1.807) is 0 Å². The number of nitrogens with one attached hydrogen (secondary N) is 1. The molecule has 0 bridgehead atoms. The number of benzene rings is 3. The number of carbonyl (C=O) groups is 2. The van der Waals surface area contributed by atoms with Gasteiger partial charge < -0.3 is 5.32 Å². The fourth-order valence-corrected chi connectivity index (χ4v) is 4.46. The molecule has 3 aromatic carbocycles. The number of amides is 2. The molecule has 174 valence electrons. The second kappa shape index (κ2) is 8.60. The van der Waals surface area contributed by atoms with Gasteiger partial charge >= 0.3 is 0 Å². The van der Waals surface area contributed by atoms with Crippen molar-refractivity contribution < 1.29 is 9.59 Å². The molecule has 4 rings (SSSR count). The zero-order valence-electron chi connectivity index (χ0n) is 21.0. The van der Waals surface area contributed by atoms with Crippen molar-refractivity contribution in [3.63, 3.8) is 0 Å². The third-order valence-corrected chi connectivity index (χ3v) is 6.35. The Morgan fingerprint density at radius 2 is 1.29 bits per heavy atom. The molecule has 1 aliphatic heterocycles. The second-order valence-electron chi connectivity index (χ2n) is 10.3. The number of aryl methyl sites for hydroxylation is 4. The maximum absolute atomic E-state index is 13.8. The molecule has 0 unspecified atom stereocenters. The number of hydrogen-bond acceptors (Lipinski definition) is 3. The van der Waals surface area contributed by atoms with E-state index in [1.807, 2.05) is 76.2 Å². The van der Waals surface area contributed by atoms with Crippen LogP contribution in [0.5, 0.6) is 0 Å². The maximum Gasteiger partial charge on any atom is 0.282 e. The summed E-state index contributed by atoms with van der Waals surface area (Å²) in [6, 6.07) is 19.8. The lowest BCUT2D eigenvalue weighted by molar-refractivity contribution is -0.120. The molecule has 1 aliphatic rings. The number of nitrogens with zero attached hydrogens (tertiary/aromatic N) is 1. The molecule has 4 heteroatoms. The van der Waals surface area contributed by atoms with Gasteiger partial charge in [0.05, 0.1) is 11.3 Å². The molecule has 3 aromatic rings. The predicted molar refractivity (Wildman–Crippen MR) is 140 cm³/mol. The molecule has 34 heavy (non-hydrogen) atoms. The van der Waals surface area contributed by atoms with Gasteiger partial charge in [-0.25, -0.2) is 4.90 Å². The molecule has 0 spiro atoms. The lowest BCUT2D eigenvalue weighted by Gasteiger charge is -2.20. The highest BCUT2D eigenvalue weighted by Gasteiger charge is 2.41. The molecule has 0 radical (unpaired) electrons. The summed E-state index contributed by atoms with van der Waals surface area (Å²) in [5.74, 6) is -0.649. The molecule has 0 atom stereocenters. The Balaban J connectivity index is 1.83. The van der Waals surface area contributed by atoms with Crippen molar-refractivity contribution in [2.24, 2.45) is 0 Å². The van der Waals surface area contributed by atoms with Crippen LogP contribution in [-0.2, 0) is 15.0 Å². The van der Waals surface area contributed by atoms with Gasteiger partial charge in [0.2, 0.25) is 0 Å². The highest BCUT2D eigenvalue weighted by atomic mass is 16.2. The number of anilines is 2. The topological polar surface area (TPSA) is 49.4 Å². The summed E-state index contributed by atoms with van der Waals surface area (Å²) in [7, 11) is 0. The Kier molecular flexibility index (Phi) is 5.94. The first-order valence-electron chi connectivity index (χ1n) is 11.6. The van der Waals surface area contributed by atoms with Gasteiger partial charge in [-0.2, -0.15) is 0 Å². The number of rotatable bonds is 4. The minimum atomic E-state index is -0.341. The van der Waals surface area contributed by atoms with Crippen molar-refractivity contribution >= 4 is 28.8 Å². The quantitative estimate of drug-likeness (QED) is 0.453. The molecule has 1 N–H and O–H groups in total. The molecule has 0 saturated carbocycles. The third kappa shape index (κ3) is 4.28. The molecule has 0 fully saturated rings. The summed E-state index contributed by atoms with van der Waals surface area (Å²) in [5, 5.41) is 3.29. The first-order chi connectivity index (χ1) is 16.0. The summed E-state index contributed by atoms with van der Waals surface area (Å²) in [4.78, 5) is 28.8. The van der Waals surface area contributed by atoms with Crippen molar-refractivity contribution in [2.75, 3.05) is 10.2 Å². The number of carbonyl (C=O) groups excluding carboxylic acids is 2. The minimum Gasteiger partial charge on any atom is -0.350 e. The molecule has 1 heterocycles. The van der Waals surface area contributed by atoms with E-state index in [4.69, 9.17) is 0 Å².